The van der Waals surface area contributed by atoms with E-state index in [0.29, 0.717) is 17.5 Å². The molecule has 0 aliphatic heterocycles. The van der Waals surface area contributed by atoms with Crippen LogP contribution in [-0.4, -0.2) is 40.0 Å². The van der Waals surface area contributed by atoms with Crippen molar-refractivity contribution in [3.63, 3.8) is 0 Å². The SMILES string of the molecule is CC1CC1CN(C)C(=O)c1cccn1CC(=O)O. The molecule has 98 valence electrons. The van der Waals surface area contributed by atoms with E-state index >= 15 is 0 Å². The molecule has 0 saturated heterocycles. The zero-order valence-corrected chi connectivity index (χ0v) is 10.7. The molecule has 5 heteroatoms. The zero-order chi connectivity index (χ0) is 13.3. The predicted molar refractivity (Wildman–Crippen MR) is 66.3 cm³/mol. The summed E-state index contributed by atoms with van der Waals surface area (Å²) in [6, 6.07) is 3.36. The molecule has 1 amide bonds. The Balaban J connectivity index is 2.03. The fourth-order valence-electron chi connectivity index (χ4n) is 2.18. The van der Waals surface area contributed by atoms with E-state index in [1.165, 1.54) is 11.0 Å². The van der Waals surface area contributed by atoms with Crippen molar-refractivity contribution in [2.45, 2.75) is 19.9 Å². The molecular weight excluding hydrogens is 232 g/mol. The summed E-state index contributed by atoms with van der Waals surface area (Å²) < 4.78 is 1.47. The number of carboxylic acids is 1. The van der Waals surface area contributed by atoms with Crippen LogP contribution in [0.5, 0.6) is 0 Å². The molecular formula is C13H18N2O3. The summed E-state index contributed by atoms with van der Waals surface area (Å²) in [7, 11) is 1.77. The van der Waals surface area contributed by atoms with Gasteiger partial charge in [-0.25, -0.2) is 0 Å². The van der Waals surface area contributed by atoms with Gasteiger partial charge in [-0.05, 0) is 30.4 Å². The van der Waals surface area contributed by atoms with Crippen LogP contribution in [0.15, 0.2) is 18.3 Å². The van der Waals surface area contributed by atoms with Gasteiger partial charge in [-0.1, -0.05) is 6.92 Å². The van der Waals surface area contributed by atoms with Gasteiger partial charge in [-0.3, -0.25) is 9.59 Å². The maximum atomic E-state index is 12.2. The molecule has 1 aliphatic rings. The van der Waals surface area contributed by atoms with Gasteiger partial charge in [-0.15, -0.1) is 0 Å². The summed E-state index contributed by atoms with van der Waals surface area (Å²) in [5, 5.41) is 8.77. The van der Waals surface area contributed by atoms with Crippen LogP contribution < -0.4 is 0 Å². The first-order chi connectivity index (χ1) is 8.49. The molecule has 1 fully saturated rings. The van der Waals surface area contributed by atoms with Crippen molar-refractivity contribution in [1.82, 2.24) is 9.47 Å². The Morgan fingerprint density at radius 2 is 2.22 bits per heavy atom. The number of rotatable bonds is 5. The maximum absolute atomic E-state index is 12.2. The summed E-state index contributed by atoms with van der Waals surface area (Å²) in [4.78, 5) is 24.6. The van der Waals surface area contributed by atoms with Crippen molar-refractivity contribution in [1.29, 1.82) is 0 Å². The zero-order valence-electron chi connectivity index (χ0n) is 10.7. The number of nitrogens with zero attached hydrogens (tertiary/aromatic N) is 2. The normalized spacial score (nSPS) is 21.7. The van der Waals surface area contributed by atoms with Gasteiger partial charge in [0, 0.05) is 19.8 Å². The first kappa shape index (κ1) is 12.7. The second-order valence-electron chi connectivity index (χ2n) is 5.07. The molecule has 2 atom stereocenters. The van der Waals surface area contributed by atoms with Crippen molar-refractivity contribution in [2.24, 2.45) is 11.8 Å². The largest absolute Gasteiger partial charge is 0.480 e. The molecule has 1 heterocycles. The fraction of sp³-hybridized carbons (Fsp3) is 0.538. The van der Waals surface area contributed by atoms with Gasteiger partial charge in [0.1, 0.15) is 12.2 Å². The molecule has 0 bridgehead atoms. The lowest BCUT2D eigenvalue weighted by atomic mass is 10.3. The van der Waals surface area contributed by atoms with E-state index in [1.807, 2.05) is 0 Å². The Kier molecular flexibility index (Phi) is 3.41. The van der Waals surface area contributed by atoms with E-state index < -0.39 is 5.97 Å². The number of aromatic nitrogens is 1. The van der Waals surface area contributed by atoms with Crippen molar-refractivity contribution in [2.75, 3.05) is 13.6 Å². The van der Waals surface area contributed by atoms with Crippen molar-refractivity contribution >= 4 is 11.9 Å². The summed E-state index contributed by atoms with van der Waals surface area (Å²) in [6.45, 7) is 2.75. The molecule has 0 aromatic carbocycles. The highest BCUT2D eigenvalue weighted by Gasteiger charge is 2.34. The number of hydrogen-bond donors (Lipinski definition) is 1. The van der Waals surface area contributed by atoms with Crippen LogP contribution in [0.1, 0.15) is 23.8 Å². The van der Waals surface area contributed by atoms with E-state index in [0.717, 1.165) is 6.54 Å². The number of carboxylic acid groups (broad SMARTS) is 1. The first-order valence-corrected chi connectivity index (χ1v) is 6.11. The number of aliphatic carboxylic acids is 1. The second-order valence-corrected chi connectivity index (χ2v) is 5.07. The van der Waals surface area contributed by atoms with Gasteiger partial charge >= 0.3 is 5.97 Å². The minimum absolute atomic E-state index is 0.111. The number of amides is 1. The molecule has 1 N–H and O–H groups in total. The van der Waals surface area contributed by atoms with Crippen LogP contribution in [0.2, 0.25) is 0 Å². The number of carbonyl (C=O) groups is 2. The second kappa shape index (κ2) is 4.84. The van der Waals surface area contributed by atoms with E-state index in [-0.39, 0.29) is 12.5 Å². The molecule has 1 aromatic heterocycles. The van der Waals surface area contributed by atoms with Gasteiger partial charge in [0.05, 0.1) is 0 Å². The van der Waals surface area contributed by atoms with E-state index in [9.17, 15) is 9.59 Å². The summed E-state index contributed by atoms with van der Waals surface area (Å²) in [6.07, 6.45) is 2.79. The molecule has 0 radical (unpaired) electrons. The Morgan fingerprint density at radius 3 is 2.78 bits per heavy atom. The topological polar surface area (TPSA) is 62.5 Å². The molecule has 5 nitrogen and oxygen atoms in total. The molecule has 18 heavy (non-hydrogen) atoms. The van der Waals surface area contributed by atoms with Crippen LogP contribution in [0.4, 0.5) is 0 Å². The lowest BCUT2D eigenvalue weighted by Gasteiger charge is -2.18. The standard InChI is InChI=1S/C13H18N2O3/c1-9-6-10(9)7-14(2)13(18)11-4-3-5-15(11)8-12(16)17/h3-5,9-10H,6-8H2,1-2H3,(H,16,17). The molecule has 0 spiro atoms. The average Bonchev–Trinajstić information content (AvgIpc) is 2.79. The predicted octanol–water partition coefficient (Wildman–Crippen LogP) is 1.30. The van der Waals surface area contributed by atoms with Crippen LogP contribution in [0, 0.1) is 11.8 Å². The summed E-state index contributed by atoms with van der Waals surface area (Å²) in [5.41, 5.74) is 0.438. The molecule has 1 saturated carbocycles. The fourth-order valence-corrected chi connectivity index (χ4v) is 2.18. The Labute approximate surface area is 106 Å². The van der Waals surface area contributed by atoms with Crippen LogP contribution in [0.3, 0.4) is 0 Å². The minimum atomic E-state index is -0.946. The monoisotopic (exact) mass is 250 g/mol. The third kappa shape index (κ3) is 2.72. The van der Waals surface area contributed by atoms with Crippen molar-refractivity contribution < 1.29 is 14.7 Å². The van der Waals surface area contributed by atoms with Crippen LogP contribution in [-0.2, 0) is 11.3 Å². The molecule has 2 rings (SSSR count). The smallest absolute Gasteiger partial charge is 0.323 e. The van der Waals surface area contributed by atoms with E-state index in [1.54, 1.807) is 30.3 Å². The average molecular weight is 250 g/mol. The highest BCUT2D eigenvalue weighted by molar-refractivity contribution is 5.93. The summed E-state index contributed by atoms with van der Waals surface area (Å²) >= 11 is 0. The van der Waals surface area contributed by atoms with Crippen LogP contribution in [0.25, 0.3) is 0 Å². The van der Waals surface area contributed by atoms with Gasteiger partial charge in [0.2, 0.25) is 0 Å². The van der Waals surface area contributed by atoms with Gasteiger partial charge in [0.25, 0.3) is 5.91 Å². The Hall–Kier alpha value is -1.78. The quantitative estimate of drug-likeness (QED) is 0.856. The van der Waals surface area contributed by atoms with Gasteiger partial charge < -0.3 is 14.6 Å². The highest BCUT2D eigenvalue weighted by atomic mass is 16.4. The highest BCUT2D eigenvalue weighted by Crippen LogP contribution is 2.38. The Morgan fingerprint density at radius 1 is 1.56 bits per heavy atom. The van der Waals surface area contributed by atoms with Crippen LogP contribution >= 0.6 is 0 Å². The third-order valence-electron chi connectivity index (χ3n) is 3.49. The van der Waals surface area contributed by atoms with E-state index in [2.05, 4.69) is 6.92 Å². The number of hydrogen-bond acceptors (Lipinski definition) is 2. The van der Waals surface area contributed by atoms with Crippen molar-refractivity contribution in [3.05, 3.63) is 24.0 Å². The summed E-state index contributed by atoms with van der Waals surface area (Å²) in [5.74, 6) is 0.243. The molecule has 1 aliphatic carbocycles. The van der Waals surface area contributed by atoms with E-state index in [4.69, 9.17) is 5.11 Å². The third-order valence-corrected chi connectivity index (χ3v) is 3.49. The number of carbonyl (C=O) groups excluding carboxylic acids is 1. The minimum Gasteiger partial charge on any atom is -0.480 e. The van der Waals surface area contributed by atoms with Gasteiger partial charge in [0.15, 0.2) is 0 Å². The van der Waals surface area contributed by atoms with Gasteiger partial charge in [-0.2, -0.15) is 0 Å². The Bertz CT molecular complexity index is 467. The maximum Gasteiger partial charge on any atom is 0.323 e. The lowest BCUT2D eigenvalue weighted by molar-refractivity contribution is -0.137. The first-order valence-electron chi connectivity index (χ1n) is 6.11. The van der Waals surface area contributed by atoms with Crippen molar-refractivity contribution in [3.8, 4) is 0 Å². The molecule has 2 unspecified atom stereocenters. The molecule has 1 aromatic rings. The lowest BCUT2D eigenvalue weighted by Crippen LogP contribution is -2.31.